The molecule has 0 aliphatic heterocycles. The summed E-state index contributed by atoms with van der Waals surface area (Å²) in [5.74, 6) is 0.929. The molecule has 0 nitrogen and oxygen atoms in total. The first-order chi connectivity index (χ1) is 4.47. The lowest BCUT2D eigenvalue weighted by Gasteiger charge is -2.02. The molecule has 2 aliphatic carbocycles. The van der Waals surface area contributed by atoms with Crippen molar-refractivity contribution in [1.82, 2.24) is 0 Å². The van der Waals surface area contributed by atoms with E-state index in [2.05, 4.69) is 24.6 Å². The summed E-state index contributed by atoms with van der Waals surface area (Å²) in [7, 11) is 0. The Balaban J connectivity index is 2.08. The van der Waals surface area contributed by atoms with Gasteiger partial charge in [-0.25, -0.2) is 0 Å². The molecule has 0 spiro atoms. The average Bonchev–Trinajstić information content (AvgIpc) is 2.71. The van der Waals surface area contributed by atoms with Crippen molar-refractivity contribution in [3.8, 4) is 0 Å². The van der Waals surface area contributed by atoms with Gasteiger partial charge in [0.15, 0.2) is 0 Å². The highest BCUT2D eigenvalue weighted by Crippen LogP contribution is 2.38. The van der Waals surface area contributed by atoms with Gasteiger partial charge in [0.05, 0.1) is 0 Å². The molecule has 0 aromatic carbocycles. The zero-order valence-corrected chi connectivity index (χ0v) is 5.51. The molecule has 0 saturated heterocycles. The summed E-state index contributed by atoms with van der Waals surface area (Å²) in [6.07, 6.45) is 13.0. The van der Waals surface area contributed by atoms with E-state index in [1.54, 1.807) is 5.57 Å². The first-order valence-corrected chi connectivity index (χ1v) is 3.67. The first kappa shape index (κ1) is 5.28. The Morgan fingerprint density at radius 3 is 2.78 bits per heavy atom. The molecule has 0 N–H and O–H groups in total. The standard InChI is InChI=1S/C9H11/c1-2-4-8(5-3-1)9-6-7-9/h2-5,9H,1,6-7H2. The molecule has 1 saturated carbocycles. The van der Waals surface area contributed by atoms with E-state index in [9.17, 15) is 0 Å². The van der Waals surface area contributed by atoms with Crippen LogP contribution in [-0.2, 0) is 0 Å². The smallest absolute Gasteiger partial charge is 0.0127 e. The fourth-order valence-corrected chi connectivity index (χ4v) is 1.23. The molecule has 2 rings (SSSR count). The SMILES string of the molecule is [CH]1C=C(C2CC2)C=CC1. The fourth-order valence-electron chi connectivity index (χ4n) is 1.23. The normalized spacial score (nSPS) is 26.0. The molecular weight excluding hydrogens is 108 g/mol. The van der Waals surface area contributed by atoms with E-state index in [1.165, 1.54) is 12.8 Å². The van der Waals surface area contributed by atoms with Crippen molar-refractivity contribution < 1.29 is 0 Å². The van der Waals surface area contributed by atoms with Crippen LogP contribution in [0.5, 0.6) is 0 Å². The second-order valence-corrected chi connectivity index (χ2v) is 2.81. The van der Waals surface area contributed by atoms with E-state index in [0.29, 0.717) is 0 Å². The largest absolute Gasteiger partial charge is 0.0837 e. The maximum absolute atomic E-state index is 2.28. The van der Waals surface area contributed by atoms with Crippen LogP contribution in [0.25, 0.3) is 0 Å². The Kier molecular flexibility index (Phi) is 1.18. The van der Waals surface area contributed by atoms with Gasteiger partial charge < -0.3 is 0 Å². The van der Waals surface area contributed by atoms with Crippen molar-refractivity contribution in [3.05, 3.63) is 30.2 Å². The van der Waals surface area contributed by atoms with E-state index in [4.69, 9.17) is 0 Å². The van der Waals surface area contributed by atoms with Gasteiger partial charge in [-0.15, -0.1) is 0 Å². The van der Waals surface area contributed by atoms with Crippen LogP contribution in [0.1, 0.15) is 19.3 Å². The average molecular weight is 119 g/mol. The van der Waals surface area contributed by atoms with Gasteiger partial charge in [0.2, 0.25) is 0 Å². The van der Waals surface area contributed by atoms with Gasteiger partial charge in [-0.2, -0.15) is 0 Å². The Hall–Kier alpha value is -0.520. The highest BCUT2D eigenvalue weighted by molar-refractivity contribution is 5.31. The van der Waals surface area contributed by atoms with Crippen molar-refractivity contribution in [3.63, 3.8) is 0 Å². The Bertz CT molecular complexity index is 159. The molecule has 0 unspecified atom stereocenters. The predicted molar refractivity (Wildman–Crippen MR) is 38.9 cm³/mol. The molecular formula is C9H11. The summed E-state index contributed by atoms with van der Waals surface area (Å²) >= 11 is 0. The van der Waals surface area contributed by atoms with Gasteiger partial charge in [-0.05, 0) is 37.2 Å². The van der Waals surface area contributed by atoms with Crippen LogP contribution in [0.4, 0.5) is 0 Å². The molecule has 0 amide bonds. The Morgan fingerprint density at radius 2 is 2.22 bits per heavy atom. The van der Waals surface area contributed by atoms with Crippen molar-refractivity contribution in [2.75, 3.05) is 0 Å². The molecule has 0 heteroatoms. The summed E-state index contributed by atoms with van der Waals surface area (Å²) < 4.78 is 0. The molecule has 1 fully saturated rings. The third-order valence-electron chi connectivity index (χ3n) is 1.94. The summed E-state index contributed by atoms with van der Waals surface area (Å²) in [4.78, 5) is 0. The minimum atomic E-state index is 0.929. The molecule has 0 aromatic heterocycles. The first-order valence-electron chi connectivity index (χ1n) is 3.67. The van der Waals surface area contributed by atoms with Crippen LogP contribution in [0.15, 0.2) is 23.8 Å². The Labute approximate surface area is 56.3 Å². The summed E-state index contributed by atoms with van der Waals surface area (Å²) in [5, 5.41) is 0. The molecule has 1 radical (unpaired) electrons. The van der Waals surface area contributed by atoms with Crippen LogP contribution in [0, 0.1) is 12.3 Å². The minimum absolute atomic E-state index is 0.929. The topological polar surface area (TPSA) is 0 Å². The molecule has 47 valence electrons. The van der Waals surface area contributed by atoms with Crippen LogP contribution in [-0.4, -0.2) is 0 Å². The maximum Gasteiger partial charge on any atom is -0.0127 e. The Morgan fingerprint density at radius 1 is 1.33 bits per heavy atom. The highest BCUT2D eigenvalue weighted by Gasteiger charge is 2.24. The van der Waals surface area contributed by atoms with Gasteiger partial charge in [0.1, 0.15) is 0 Å². The van der Waals surface area contributed by atoms with E-state index < -0.39 is 0 Å². The molecule has 0 atom stereocenters. The zero-order chi connectivity index (χ0) is 6.10. The molecule has 9 heavy (non-hydrogen) atoms. The third kappa shape index (κ3) is 1.07. The van der Waals surface area contributed by atoms with Crippen LogP contribution >= 0.6 is 0 Å². The predicted octanol–water partition coefficient (Wildman–Crippen LogP) is 2.49. The van der Waals surface area contributed by atoms with E-state index >= 15 is 0 Å². The lowest BCUT2D eigenvalue weighted by atomic mass is 10.0. The van der Waals surface area contributed by atoms with Crippen LogP contribution in [0.3, 0.4) is 0 Å². The maximum atomic E-state index is 2.28. The van der Waals surface area contributed by atoms with Crippen molar-refractivity contribution >= 4 is 0 Å². The van der Waals surface area contributed by atoms with Gasteiger partial charge in [0.25, 0.3) is 0 Å². The number of allylic oxidation sites excluding steroid dienone is 4. The number of hydrogen-bond donors (Lipinski definition) is 0. The third-order valence-corrected chi connectivity index (χ3v) is 1.94. The minimum Gasteiger partial charge on any atom is -0.0837 e. The number of hydrogen-bond acceptors (Lipinski definition) is 0. The molecule has 0 heterocycles. The fraction of sp³-hybridized carbons (Fsp3) is 0.444. The van der Waals surface area contributed by atoms with Crippen molar-refractivity contribution in [1.29, 1.82) is 0 Å². The molecule has 2 aliphatic rings. The van der Waals surface area contributed by atoms with Crippen LogP contribution in [0.2, 0.25) is 0 Å². The van der Waals surface area contributed by atoms with E-state index in [-0.39, 0.29) is 0 Å². The van der Waals surface area contributed by atoms with Gasteiger partial charge in [0, 0.05) is 0 Å². The van der Waals surface area contributed by atoms with E-state index in [1.807, 2.05) is 0 Å². The summed E-state index contributed by atoms with van der Waals surface area (Å²) in [5.41, 5.74) is 1.56. The van der Waals surface area contributed by atoms with Gasteiger partial charge >= 0.3 is 0 Å². The second-order valence-electron chi connectivity index (χ2n) is 2.81. The summed E-state index contributed by atoms with van der Waals surface area (Å²) in [6, 6.07) is 0. The second kappa shape index (κ2) is 2.02. The van der Waals surface area contributed by atoms with E-state index in [0.717, 1.165) is 12.3 Å². The van der Waals surface area contributed by atoms with Crippen molar-refractivity contribution in [2.45, 2.75) is 19.3 Å². The van der Waals surface area contributed by atoms with Gasteiger partial charge in [-0.3, -0.25) is 0 Å². The molecule has 0 aromatic rings. The highest BCUT2D eigenvalue weighted by atomic mass is 14.3. The van der Waals surface area contributed by atoms with Crippen molar-refractivity contribution in [2.24, 2.45) is 5.92 Å². The zero-order valence-electron chi connectivity index (χ0n) is 5.51. The number of rotatable bonds is 1. The molecule has 0 bridgehead atoms. The summed E-state index contributed by atoms with van der Waals surface area (Å²) in [6.45, 7) is 0. The monoisotopic (exact) mass is 119 g/mol. The lowest BCUT2D eigenvalue weighted by molar-refractivity contribution is 1.02. The quantitative estimate of drug-likeness (QED) is 0.497. The van der Waals surface area contributed by atoms with Crippen LogP contribution < -0.4 is 0 Å². The lowest BCUT2D eigenvalue weighted by Crippen LogP contribution is -1.85. The van der Waals surface area contributed by atoms with Gasteiger partial charge in [-0.1, -0.05) is 18.2 Å².